The molecule has 102 valence electrons. The summed E-state index contributed by atoms with van der Waals surface area (Å²) in [5, 5.41) is 20.3. The molecule has 1 aromatic carbocycles. The monoisotopic (exact) mass is 268 g/mol. The minimum atomic E-state index is -1.12. The normalized spacial score (nSPS) is 12.6. The summed E-state index contributed by atoms with van der Waals surface area (Å²) in [6.07, 6.45) is 0.434. The number of aliphatic hydroxyl groups excluding tert-OH is 1. The van der Waals surface area contributed by atoms with Gasteiger partial charge in [-0.3, -0.25) is 0 Å². The molecule has 0 saturated heterocycles. The second-order valence-corrected chi connectivity index (χ2v) is 4.17. The minimum absolute atomic E-state index is 0.0644. The molecule has 1 heterocycles. The van der Waals surface area contributed by atoms with Crippen LogP contribution in [0.2, 0.25) is 0 Å². The predicted octanol–water partition coefficient (Wildman–Crippen LogP) is 0.916. The zero-order chi connectivity index (χ0) is 13.8. The maximum Gasteiger partial charge on any atom is 0.146 e. The van der Waals surface area contributed by atoms with Crippen LogP contribution in [0.3, 0.4) is 0 Å². The molecule has 7 heteroatoms. The van der Waals surface area contributed by atoms with Crippen LogP contribution < -0.4 is 5.32 Å². The molecule has 0 spiro atoms. The van der Waals surface area contributed by atoms with Gasteiger partial charge >= 0.3 is 0 Å². The largest absolute Gasteiger partial charge is 0.387 e. The predicted molar refractivity (Wildman–Crippen MR) is 64.0 cm³/mol. The first-order valence-corrected chi connectivity index (χ1v) is 5.74. The van der Waals surface area contributed by atoms with Crippen molar-refractivity contribution in [1.82, 2.24) is 20.1 Å². The summed E-state index contributed by atoms with van der Waals surface area (Å²) >= 11 is 0. The van der Waals surface area contributed by atoms with Gasteiger partial charge in [0.15, 0.2) is 0 Å². The van der Waals surface area contributed by atoms with E-state index in [1.165, 1.54) is 0 Å². The molecule has 19 heavy (non-hydrogen) atoms. The van der Waals surface area contributed by atoms with E-state index in [2.05, 4.69) is 15.5 Å². The van der Waals surface area contributed by atoms with Crippen molar-refractivity contribution in [2.45, 2.75) is 12.6 Å². The van der Waals surface area contributed by atoms with E-state index in [9.17, 15) is 13.9 Å². The van der Waals surface area contributed by atoms with Crippen molar-refractivity contribution in [3.63, 3.8) is 0 Å². The van der Waals surface area contributed by atoms with Gasteiger partial charge in [0, 0.05) is 19.2 Å². The molecule has 1 atom stereocenters. The smallest absolute Gasteiger partial charge is 0.146 e. The van der Waals surface area contributed by atoms with Crippen LogP contribution in [0.4, 0.5) is 8.78 Å². The molecule has 0 aliphatic rings. The Morgan fingerprint density at radius 3 is 2.89 bits per heavy atom. The van der Waals surface area contributed by atoms with Crippen molar-refractivity contribution < 1.29 is 13.9 Å². The number of hydrogen-bond acceptors (Lipinski definition) is 4. The van der Waals surface area contributed by atoms with Gasteiger partial charge in [0.05, 0.1) is 12.6 Å². The SMILES string of the molecule is Cn1cnnc1CNCC(O)c1cc(F)ccc1F. The maximum atomic E-state index is 13.4. The molecule has 2 aromatic rings. The minimum Gasteiger partial charge on any atom is -0.387 e. The number of rotatable bonds is 5. The molecule has 0 bridgehead atoms. The number of hydrogen-bond donors (Lipinski definition) is 2. The second kappa shape index (κ2) is 5.85. The third-order valence-electron chi connectivity index (χ3n) is 2.74. The fourth-order valence-corrected chi connectivity index (χ4v) is 1.67. The van der Waals surface area contributed by atoms with Crippen LogP contribution in [0, 0.1) is 11.6 Å². The first-order chi connectivity index (χ1) is 9.08. The number of halogens is 2. The summed E-state index contributed by atoms with van der Waals surface area (Å²) in [6, 6.07) is 3.00. The summed E-state index contributed by atoms with van der Waals surface area (Å²) in [6.45, 7) is 0.470. The van der Waals surface area contributed by atoms with Crippen molar-refractivity contribution in [2.24, 2.45) is 7.05 Å². The van der Waals surface area contributed by atoms with E-state index in [0.29, 0.717) is 12.4 Å². The highest BCUT2D eigenvalue weighted by atomic mass is 19.1. The molecule has 1 unspecified atom stereocenters. The van der Waals surface area contributed by atoms with Gasteiger partial charge in [0.1, 0.15) is 23.8 Å². The number of aliphatic hydroxyl groups is 1. The molecule has 5 nitrogen and oxygen atoms in total. The third-order valence-corrected chi connectivity index (χ3v) is 2.74. The Morgan fingerprint density at radius 2 is 2.21 bits per heavy atom. The van der Waals surface area contributed by atoms with Gasteiger partial charge in [-0.05, 0) is 18.2 Å². The van der Waals surface area contributed by atoms with E-state index in [1.54, 1.807) is 17.9 Å². The highest BCUT2D eigenvalue weighted by molar-refractivity contribution is 5.21. The van der Waals surface area contributed by atoms with E-state index in [-0.39, 0.29) is 12.1 Å². The van der Waals surface area contributed by atoms with E-state index in [4.69, 9.17) is 0 Å². The van der Waals surface area contributed by atoms with Crippen LogP contribution in [-0.2, 0) is 13.6 Å². The van der Waals surface area contributed by atoms with Crippen LogP contribution in [0.15, 0.2) is 24.5 Å². The summed E-state index contributed by atoms with van der Waals surface area (Å²) in [5.41, 5.74) is -0.0644. The number of nitrogens with one attached hydrogen (secondary N) is 1. The molecule has 1 aromatic heterocycles. The molecule has 2 rings (SSSR count). The van der Waals surface area contributed by atoms with Gasteiger partial charge in [-0.1, -0.05) is 0 Å². The van der Waals surface area contributed by atoms with Crippen molar-refractivity contribution >= 4 is 0 Å². The summed E-state index contributed by atoms with van der Waals surface area (Å²) in [7, 11) is 1.79. The summed E-state index contributed by atoms with van der Waals surface area (Å²) < 4.78 is 28.1. The molecule has 0 amide bonds. The average molecular weight is 268 g/mol. The van der Waals surface area contributed by atoms with E-state index in [1.807, 2.05) is 0 Å². The summed E-state index contributed by atoms with van der Waals surface area (Å²) in [5.74, 6) is -0.523. The Balaban J connectivity index is 1.92. The van der Waals surface area contributed by atoms with Crippen LogP contribution in [0.1, 0.15) is 17.5 Å². The van der Waals surface area contributed by atoms with Crippen LogP contribution in [0.25, 0.3) is 0 Å². The molecule has 0 saturated carbocycles. The first kappa shape index (κ1) is 13.6. The van der Waals surface area contributed by atoms with E-state index >= 15 is 0 Å². The quantitative estimate of drug-likeness (QED) is 0.846. The van der Waals surface area contributed by atoms with Gasteiger partial charge in [-0.2, -0.15) is 0 Å². The fourth-order valence-electron chi connectivity index (χ4n) is 1.67. The highest BCUT2D eigenvalue weighted by Crippen LogP contribution is 2.17. The summed E-state index contributed by atoms with van der Waals surface area (Å²) in [4.78, 5) is 0. The van der Waals surface area contributed by atoms with Gasteiger partial charge in [-0.25, -0.2) is 8.78 Å². The van der Waals surface area contributed by atoms with Gasteiger partial charge in [0.25, 0.3) is 0 Å². The van der Waals surface area contributed by atoms with Gasteiger partial charge < -0.3 is 15.0 Å². The molecular weight excluding hydrogens is 254 g/mol. The van der Waals surface area contributed by atoms with Crippen LogP contribution in [-0.4, -0.2) is 26.4 Å². The fraction of sp³-hybridized carbons (Fsp3) is 0.333. The van der Waals surface area contributed by atoms with Crippen molar-refractivity contribution in [3.8, 4) is 0 Å². The van der Waals surface area contributed by atoms with Crippen LogP contribution >= 0.6 is 0 Å². The number of aromatic nitrogens is 3. The zero-order valence-corrected chi connectivity index (χ0v) is 10.3. The Hall–Kier alpha value is -1.86. The Bertz CT molecular complexity index is 558. The van der Waals surface area contributed by atoms with Gasteiger partial charge in [-0.15, -0.1) is 10.2 Å². The maximum absolute atomic E-state index is 13.4. The average Bonchev–Trinajstić information content (AvgIpc) is 2.78. The number of nitrogens with zero attached hydrogens (tertiary/aromatic N) is 3. The lowest BCUT2D eigenvalue weighted by Crippen LogP contribution is -2.23. The molecule has 0 aliphatic carbocycles. The lowest BCUT2D eigenvalue weighted by molar-refractivity contribution is 0.169. The van der Waals surface area contributed by atoms with Crippen LogP contribution in [0.5, 0.6) is 0 Å². The highest BCUT2D eigenvalue weighted by Gasteiger charge is 2.13. The van der Waals surface area contributed by atoms with E-state index in [0.717, 1.165) is 18.2 Å². The Labute approximate surface area is 108 Å². The lowest BCUT2D eigenvalue weighted by Gasteiger charge is -2.13. The Morgan fingerprint density at radius 1 is 1.42 bits per heavy atom. The van der Waals surface area contributed by atoms with Crippen molar-refractivity contribution in [1.29, 1.82) is 0 Å². The molecule has 0 fully saturated rings. The van der Waals surface area contributed by atoms with Crippen molar-refractivity contribution in [2.75, 3.05) is 6.54 Å². The molecule has 0 aliphatic heterocycles. The third kappa shape index (κ3) is 3.33. The lowest BCUT2D eigenvalue weighted by atomic mass is 10.1. The topological polar surface area (TPSA) is 63.0 Å². The van der Waals surface area contributed by atoms with E-state index < -0.39 is 17.7 Å². The van der Waals surface area contributed by atoms with Gasteiger partial charge in [0.2, 0.25) is 0 Å². The number of aryl methyl sites for hydroxylation is 1. The standard InChI is InChI=1S/C12H14F2N4O/c1-18-7-16-17-12(18)6-15-5-11(19)9-4-8(13)2-3-10(9)14/h2-4,7,11,15,19H,5-6H2,1H3. The Kier molecular flexibility index (Phi) is 4.18. The van der Waals surface area contributed by atoms with Crippen molar-refractivity contribution in [3.05, 3.63) is 47.5 Å². The first-order valence-electron chi connectivity index (χ1n) is 5.74. The molecule has 2 N–H and O–H groups in total. The molecule has 0 radical (unpaired) electrons. The molecular formula is C12H14F2N4O. The number of benzene rings is 1. The zero-order valence-electron chi connectivity index (χ0n) is 10.3. The second-order valence-electron chi connectivity index (χ2n) is 4.17.